The van der Waals surface area contributed by atoms with Gasteiger partial charge in [-0.3, -0.25) is 9.69 Å². The van der Waals surface area contributed by atoms with Crippen LogP contribution >= 0.6 is 0 Å². The van der Waals surface area contributed by atoms with E-state index >= 15 is 0 Å². The normalized spacial score (nSPS) is 17.4. The van der Waals surface area contributed by atoms with Crippen molar-refractivity contribution in [2.75, 3.05) is 39.3 Å². The van der Waals surface area contributed by atoms with Gasteiger partial charge in [-0.1, -0.05) is 12.1 Å². The highest BCUT2D eigenvalue weighted by atomic mass is 32.2. The Hall–Kier alpha value is -1.51. The maximum Gasteiger partial charge on any atom is 0.320 e. The number of piperazine rings is 1. The Morgan fingerprint density at radius 3 is 2.45 bits per heavy atom. The number of benzene rings is 1. The lowest BCUT2D eigenvalue weighted by molar-refractivity contribution is -0.144. The van der Waals surface area contributed by atoms with Gasteiger partial charge < -0.3 is 4.74 Å². The topological polar surface area (TPSA) is 66.9 Å². The third kappa shape index (κ3) is 3.82. The first kappa shape index (κ1) is 16.9. The molecule has 1 aliphatic rings. The lowest BCUT2D eigenvalue weighted by Gasteiger charge is -2.33. The molecule has 0 unspecified atom stereocenters. The van der Waals surface area contributed by atoms with Crippen molar-refractivity contribution in [2.24, 2.45) is 0 Å². The fourth-order valence-electron chi connectivity index (χ4n) is 2.31. The predicted octanol–water partition coefficient (Wildman–Crippen LogP) is 0.695. The van der Waals surface area contributed by atoms with Crippen LogP contribution in [0.1, 0.15) is 6.92 Å². The van der Waals surface area contributed by atoms with Gasteiger partial charge >= 0.3 is 5.97 Å². The molecule has 1 aromatic rings. The zero-order chi connectivity index (χ0) is 16.2. The standard InChI is InChI=1S/C14H19FN2O4S/c1-2-21-14(18)11-16-7-9-17(10-8-16)22(19,20)13-6-4-3-5-12(13)15/h3-6H,2,7-11H2,1H3. The highest BCUT2D eigenvalue weighted by Crippen LogP contribution is 2.20. The molecule has 1 heterocycles. The van der Waals surface area contributed by atoms with Crippen LogP contribution in [0.4, 0.5) is 4.39 Å². The van der Waals surface area contributed by atoms with Crippen LogP contribution in [0, 0.1) is 5.82 Å². The molecule has 0 aromatic heterocycles. The Morgan fingerprint density at radius 1 is 1.23 bits per heavy atom. The van der Waals surface area contributed by atoms with Crippen molar-refractivity contribution in [3.8, 4) is 0 Å². The second-order valence-corrected chi connectivity index (χ2v) is 6.82. The number of carbonyl (C=O) groups is 1. The van der Waals surface area contributed by atoms with E-state index in [-0.39, 0.29) is 30.5 Å². The summed E-state index contributed by atoms with van der Waals surface area (Å²) in [6.45, 7) is 3.45. The van der Waals surface area contributed by atoms with Crippen LogP contribution in [0.5, 0.6) is 0 Å². The molecule has 1 saturated heterocycles. The molecule has 1 aliphatic heterocycles. The predicted molar refractivity (Wildman–Crippen MR) is 78.2 cm³/mol. The summed E-state index contributed by atoms with van der Waals surface area (Å²) in [6.07, 6.45) is 0. The SMILES string of the molecule is CCOC(=O)CN1CCN(S(=O)(=O)c2ccccc2F)CC1. The van der Waals surface area contributed by atoms with Crippen molar-refractivity contribution in [3.05, 3.63) is 30.1 Å². The third-order valence-electron chi connectivity index (χ3n) is 3.44. The molecule has 22 heavy (non-hydrogen) atoms. The molecule has 8 heteroatoms. The minimum Gasteiger partial charge on any atom is -0.465 e. The molecule has 0 amide bonds. The van der Waals surface area contributed by atoms with Crippen molar-refractivity contribution >= 4 is 16.0 Å². The van der Waals surface area contributed by atoms with Gasteiger partial charge in [0, 0.05) is 26.2 Å². The first-order chi connectivity index (χ1) is 10.4. The number of ether oxygens (including phenoxy) is 1. The summed E-state index contributed by atoms with van der Waals surface area (Å²) >= 11 is 0. The van der Waals surface area contributed by atoms with Crippen molar-refractivity contribution in [1.82, 2.24) is 9.21 Å². The molecular formula is C14H19FN2O4S. The Labute approximate surface area is 129 Å². The number of esters is 1. The maximum absolute atomic E-state index is 13.7. The third-order valence-corrected chi connectivity index (χ3v) is 5.38. The van der Waals surface area contributed by atoms with Gasteiger partial charge in [0.1, 0.15) is 10.7 Å². The van der Waals surface area contributed by atoms with E-state index in [2.05, 4.69) is 0 Å². The number of hydrogen-bond acceptors (Lipinski definition) is 5. The van der Waals surface area contributed by atoms with Crippen LogP contribution in [-0.2, 0) is 19.6 Å². The van der Waals surface area contributed by atoms with Gasteiger partial charge in [0.05, 0.1) is 13.2 Å². The fourth-order valence-corrected chi connectivity index (χ4v) is 3.80. The molecule has 2 rings (SSSR count). The van der Waals surface area contributed by atoms with Crippen molar-refractivity contribution in [2.45, 2.75) is 11.8 Å². The number of hydrogen-bond donors (Lipinski definition) is 0. The van der Waals surface area contributed by atoms with E-state index in [1.54, 1.807) is 6.92 Å². The molecule has 0 atom stereocenters. The number of rotatable bonds is 5. The molecule has 6 nitrogen and oxygen atoms in total. The number of sulfonamides is 1. The zero-order valence-corrected chi connectivity index (χ0v) is 13.2. The fraction of sp³-hybridized carbons (Fsp3) is 0.500. The Morgan fingerprint density at radius 2 is 1.86 bits per heavy atom. The first-order valence-electron chi connectivity index (χ1n) is 7.08. The molecule has 0 aliphatic carbocycles. The van der Waals surface area contributed by atoms with E-state index in [4.69, 9.17) is 4.74 Å². The molecule has 0 radical (unpaired) electrons. The Kier molecular flexibility index (Phi) is 5.49. The summed E-state index contributed by atoms with van der Waals surface area (Å²) in [6, 6.07) is 5.33. The van der Waals surface area contributed by atoms with Crippen LogP contribution in [0.25, 0.3) is 0 Å². The van der Waals surface area contributed by atoms with E-state index in [1.165, 1.54) is 22.5 Å². The van der Waals surface area contributed by atoms with Crippen LogP contribution < -0.4 is 0 Å². The Balaban J connectivity index is 1.99. The van der Waals surface area contributed by atoms with Crippen molar-refractivity contribution in [1.29, 1.82) is 0 Å². The van der Waals surface area contributed by atoms with Crippen LogP contribution in [0.15, 0.2) is 29.2 Å². The number of carbonyl (C=O) groups excluding carboxylic acids is 1. The molecule has 0 N–H and O–H groups in total. The zero-order valence-electron chi connectivity index (χ0n) is 12.4. The van der Waals surface area contributed by atoms with Crippen LogP contribution in [0.2, 0.25) is 0 Å². The quantitative estimate of drug-likeness (QED) is 0.744. The smallest absolute Gasteiger partial charge is 0.320 e. The average Bonchev–Trinajstić information content (AvgIpc) is 2.48. The monoisotopic (exact) mass is 330 g/mol. The minimum absolute atomic E-state index is 0.140. The maximum atomic E-state index is 13.7. The minimum atomic E-state index is -3.84. The molecule has 1 aromatic carbocycles. The molecule has 1 fully saturated rings. The van der Waals surface area contributed by atoms with E-state index in [0.717, 1.165) is 6.07 Å². The summed E-state index contributed by atoms with van der Waals surface area (Å²) < 4.78 is 44.6. The van der Waals surface area contributed by atoms with E-state index in [0.29, 0.717) is 19.7 Å². The number of nitrogens with zero attached hydrogens (tertiary/aromatic N) is 2. The van der Waals surface area contributed by atoms with Gasteiger partial charge in [0.15, 0.2) is 0 Å². The van der Waals surface area contributed by atoms with Crippen LogP contribution in [-0.4, -0.2) is 62.9 Å². The molecule has 0 bridgehead atoms. The number of halogens is 1. The lowest BCUT2D eigenvalue weighted by atomic mass is 10.3. The summed E-state index contributed by atoms with van der Waals surface area (Å²) in [4.78, 5) is 12.9. The van der Waals surface area contributed by atoms with Gasteiger partial charge in [-0.25, -0.2) is 12.8 Å². The summed E-state index contributed by atoms with van der Waals surface area (Å²) in [7, 11) is -3.84. The first-order valence-corrected chi connectivity index (χ1v) is 8.52. The van der Waals surface area contributed by atoms with E-state index < -0.39 is 15.8 Å². The van der Waals surface area contributed by atoms with E-state index in [9.17, 15) is 17.6 Å². The molecule has 0 spiro atoms. The van der Waals surface area contributed by atoms with Gasteiger partial charge in [-0.15, -0.1) is 0 Å². The van der Waals surface area contributed by atoms with Crippen LogP contribution in [0.3, 0.4) is 0 Å². The van der Waals surface area contributed by atoms with Gasteiger partial charge in [-0.05, 0) is 19.1 Å². The second kappa shape index (κ2) is 7.17. The van der Waals surface area contributed by atoms with Crippen molar-refractivity contribution in [3.63, 3.8) is 0 Å². The lowest BCUT2D eigenvalue weighted by Crippen LogP contribution is -2.50. The van der Waals surface area contributed by atoms with E-state index in [1.807, 2.05) is 4.90 Å². The molecule has 122 valence electrons. The summed E-state index contributed by atoms with van der Waals surface area (Å²) in [5.74, 6) is -1.08. The van der Waals surface area contributed by atoms with Gasteiger partial charge in [0.25, 0.3) is 0 Å². The highest BCUT2D eigenvalue weighted by Gasteiger charge is 2.30. The highest BCUT2D eigenvalue weighted by molar-refractivity contribution is 7.89. The summed E-state index contributed by atoms with van der Waals surface area (Å²) in [5.41, 5.74) is 0. The van der Waals surface area contributed by atoms with Gasteiger partial charge in [0.2, 0.25) is 10.0 Å². The second-order valence-electron chi connectivity index (χ2n) is 4.92. The summed E-state index contributed by atoms with van der Waals surface area (Å²) in [5, 5.41) is 0. The molecular weight excluding hydrogens is 311 g/mol. The van der Waals surface area contributed by atoms with Crippen molar-refractivity contribution < 1.29 is 22.3 Å². The largest absolute Gasteiger partial charge is 0.465 e. The Bertz CT molecular complexity index is 627. The van der Waals surface area contributed by atoms with Gasteiger partial charge in [-0.2, -0.15) is 4.31 Å². The molecule has 0 saturated carbocycles. The average molecular weight is 330 g/mol.